The van der Waals surface area contributed by atoms with Crippen molar-refractivity contribution in [3.05, 3.63) is 54.1 Å². The summed E-state index contributed by atoms with van der Waals surface area (Å²) >= 11 is 0. The number of amides is 2. The quantitative estimate of drug-likeness (QED) is 0.833. The fraction of sp³-hybridized carbons (Fsp3) is 0.364. The summed E-state index contributed by atoms with van der Waals surface area (Å²) < 4.78 is 32.5. The highest BCUT2D eigenvalue weighted by Crippen LogP contribution is 2.33. The smallest absolute Gasteiger partial charge is 0.265 e. The number of piperidine rings is 1. The maximum Gasteiger partial charge on any atom is 0.265 e. The molecule has 0 spiro atoms. The molecule has 1 atom stereocenters. The van der Waals surface area contributed by atoms with Crippen LogP contribution in [0.2, 0.25) is 0 Å². The minimum absolute atomic E-state index is 0.0524. The van der Waals surface area contributed by atoms with E-state index in [9.17, 15) is 18.4 Å². The highest BCUT2D eigenvalue weighted by molar-refractivity contribution is 5.95. The van der Waals surface area contributed by atoms with Gasteiger partial charge in [0, 0.05) is 24.8 Å². The Hall–Kier alpha value is -3.16. The summed E-state index contributed by atoms with van der Waals surface area (Å²) in [4.78, 5) is 29.1. The SMILES string of the molecule is O=C(CN1C[C@H](C(=O)N2CCCCC2)Oc2ccccc21)Nc1ccc(F)c(F)c1. The van der Waals surface area contributed by atoms with Crippen LogP contribution in [-0.4, -0.2) is 49.0 Å². The third-order valence-corrected chi connectivity index (χ3v) is 5.34. The number of likely N-dealkylation sites (tertiary alicyclic amines) is 1. The molecule has 1 saturated heterocycles. The number of hydrogen-bond acceptors (Lipinski definition) is 4. The number of fused-ring (bicyclic) bond motifs is 1. The predicted octanol–water partition coefficient (Wildman–Crippen LogP) is 3.18. The molecule has 0 aliphatic carbocycles. The summed E-state index contributed by atoms with van der Waals surface area (Å²) in [5.41, 5.74) is 0.877. The first-order valence-electron chi connectivity index (χ1n) is 10.1. The zero-order valence-electron chi connectivity index (χ0n) is 16.4. The Bertz CT molecular complexity index is 947. The summed E-state index contributed by atoms with van der Waals surface area (Å²) in [5.74, 6) is -1.94. The van der Waals surface area contributed by atoms with Crippen LogP contribution in [0.4, 0.5) is 20.2 Å². The number of para-hydroxylation sites is 2. The van der Waals surface area contributed by atoms with Crippen LogP contribution < -0.4 is 15.0 Å². The van der Waals surface area contributed by atoms with Crippen molar-refractivity contribution in [3.8, 4) is 5.75 Å². The molecule has 4 rings (SSSR count). The van der Waals surface area contributed by atoms with Gasteiger partial charge in [0.05, 0.1) is 18.8 Å². The minimum atomic E-state index is -1.03. The lowest BCUT2D eigenvalue weighted by Crippen LogP contribution is -2.52. The van der Waals surface area contributed by atoms with Crippen LogP contribution in [0, 0.1) is 11.6 Å². The normalized spacial score (nSPS) is 18.4. The van der Waals surface area contributed by atoms with Crippen molar-refractivity contribution < 1.29 is 23.1 Å². The molecular formula is C22H23F2N3O3. The van der Waals surface area contributed by atoms with Gasteiger partial charge in [0.1, 0.15) is 5.75 Å². The van der Waals surface area contributed by atoms with E-state index in [1.165, 1.54) is 6.07 Å². The predicted molar refractivity (Wildman–Crippen MR) is 108 cm³/mol. The van der Waals surface area contributed by atoms with Gasteiger partial charge in [0.15, 0.2) is 17.7 Å². The lowest BCUT2D eigenvalue weighted by molar-refractivity contribution is -0.139. The van der Waals surface area contributed by atoms with Gasteiger partial charge in [0.25, 0.3) is 5.91 Å². The zero-order valence-corrected chi connectivity index (χ0v) is 16.4. The number of halogens is 2. The molecule has 2 aliphatic rings. The van der Waals surface area contributed by atoms with Crippen molar-refractivity contribution >= 4 is 23.2 Å². The second kappa shape index (κ2) is 8.69. The fourth-order valence-electron chi connectivity index (χ4n) is 3.85. The maximum atomic E-state index is 13.4. The van der Waals surface area contributed by atoms with Gasteiger partial charge in [-0.3, -0.25) is 9.59 Å². The van der Waals surface area contributed by atoms with Crippen LogP contribution in [0.1, 0.15) is 19.3 Å². The number of carbonyl (C=O) groups is 2. The standard InChI is InChI=1S/C22H23F2N3O3/c23-16-9-8-15(12-17(16)24)25-21(28)14-27-13-20(22(29)26-10-4-1-5-11-26)30-19-7-3-2-6-18(19)27/h2-3,6-9,12,20H,1,4-5,10-11,13-14H2,(H,25,28)/t20-/m1/s1. The number of nitrogens with one attached hydrogen (secondary N) is 1. The molecule has 2 aliphatic heterocycles. The molecule has 2 aromatic rings. The van der Waals surface area contributed by atoms with E-state index in [2.05, 4.69) is 5.32 Å². The third-order valence-electron chi connectivity index (χ3n) is 5.34. The average molecular weight is 415 g/mol. The number of carbonyl (C=O) groups excluding carboxylic acids is 2. The van der Waals surface area contributed by atoms with Crippen molar-refractivity contribution in [2.45, 2.75) is 25.4 Å². The topological polar surface area (TPSA) is 61.9 Å². The molecular weight excluding hydrogens is 392 g/mol. The van der Waals surface area contributed by atoms with E-state index >= 15 is 0 Å². The molecule has 0 unspecified atom stereocenters. The molecule has 1 N–H and O–H groups in total. The van der Waals surface area contributed by atoms with Gasteiger partial charge < -0.3 is 19.9 Å². The first-order valence-corrected chi connectivity index (χ1v) is 10.1. The van der Waals surface area contributed by atoms with Crippen molar-refractivity contribution in [1.29, 1.82) is 0 Å². The van der Waals surface area contributed by atoms with E-state index in [0.29, 0.717) is 11.4 Å². The lowest BCUT2D eigenvalue weighted by Gasteiger charge is -2.38. The van der Waals surface area contributed by atoms with Gasteiger partial charge in [-0.2, -0.15) is 0 Å². The Kier molecular flexibility index (Phi) is 5.83. The number of anilines is 2. The molecule has 2 aromatic carbocycles. The summed E-state index contributed by atoms with van der Waals surface area (Å²) in [6.45, 7) is 1.62. The molecule has 8 heteroatoms. The number of rotatable bonds is 4. The second-order valence-electron chi connectivity index (χ2n) is 7.52. The Morgan fingerprint density at radius 3 is 2.57 bits per heavy atom. The van der Waals surface area contributed by atoms with E-state index in [1.807, 2.05) is 23.1 Å². The van der Waals surface area contributed by atoms with Crippen molar-refractivity contribution in [3.63, 3.8) is 0 Å². The number of hydrogen-bond donors (Lipinski definition) is 1. The zero-order chi connectivity index (χ0) is 21.1. The summed E-state index contributed by atoms with van der Waals surface area (Å²) in [5, 5.41) is 2.57. The largest absolute Gasteiger partial charge is 0.477 e. The summed E-state index contributed by atoms with van der Waals surface area (Å²) in [7, 11) is 0. The molecule has 158 valence electrons. The highest BCUT2D eigenvalue weighted by atomic mass is 19.2. The Morgan fingerprint density at radius 1 is 1.03 bits per heavy atom. The Morgan fingerprint density at radius 2 is 1.80 bits per heavy atom. The highest BCUT2D eigenvalue weighted by Gasteiger charge is 2.34. The fourth-order valence-corrected chi connectivity index (χ4v) is 3.85. The first-order chi connectivity index (χ1) is 14.5. The monoisotopic (exact) mass is 415 g/mol. The molecule has 0 radical (unpaired) electrons. The third kappa shape index (κ3) is 4.37. The molecule has 2 heterocycles. The number of ether oxygens (including phenoxy) is 1. The van der Waals surface area contributed by atoms with E-state index in [1.54, 1.807) is 11.0 Å². The molecule has 0 saturated carbocycles. The van der Waals surface area contributed by atoms with Gasteiger partial charge in [-0.25, -0.2) is 8.78 Å². The second-order valence-corrected chi connectivity index (χ2v) is 7.52. The summed E-state index contributed by atoms with van der Waals surface area (Å²) in [6, 6.07) is 10.4. The lowest BCUT2D eigenvalue weighted by atomic mass is 10.1. The van der Waals surface area contributed by atoms with Crippen LogP contribution in [0.5, 0.6) is 5.75 Å². The molecule has 1 fully saturated rings. The molecule has 30 heavy (non-hydrogen) atoms. The van der Waals surface area contributed by atoms with Gasteiger partial charge in [-0.1, -0.05) is 12.1 Å². The van der Waals surface area contributed by atoms with Crippen LogP contribution in [0.25, 0.3) is 0 Å². The molecule has 0 bridgehead atoms. The Balaban J connectivity index is 1.48. The summed E-state index contributed by atoms with van der Waals surface area (Å²) in [6.07, 6.45) is 2.38. The molecule has 2 amide bonds. The van der Waals surface area contributed by atoms with E-state index in [-0.39, 0.29) is 24.7 Å². The van der Waals surface area contributed by atoms with E-state index in [4.69, 9.17) is 4.74 Å². The Labute approximate surface area is 173 Å². The van der Waals surface area contributed by atoms with Crippen molar-refractivity contribution in [1.82, 2.24) is 4.90 Å². The van der Waals surface area contributed by atoms with Crippen LogP contribution in [-0.2, 0) is 9.59 Å². The molecule has 0 aromatic heterocycles. The number of benzene rings is 2. The van der Waals surface area contributed by atoms with E-state index in [0.717, 1.165) is 44.5 Å². The van der Waals surface area contributed by atoms with Crippen LogP contribution >= 0.6 is 0 Å². The first kappa shape index (κ1) is 20.1. The van der Waals surface area contributed by atoms with Gasteiger partial charge in [0.2, 0.25) is 5.91 Å². The maximum absolute atomic E-state index is 13.4. The minimum Gasteiger partial charge on any atom is -0.477 e. The van der Waals surface area contributed by atoms with Gasteiger partial charge in [-0.15, -0.1) is 0 Å². The van der Waals surface area contributed by atoms with Crippen molar-refractivity contribution in [2.75, 3.05) is 36.4 Å². The van der Waals surface area contributed by atoms with Gasteiger partial charge >= 0.3 is 0 Å². The number of nitrogens with zero attached hydrogens (tertiary/aromatic N) is 2. The van der Waals surface area contributed by atoms with Gasteiger partial charge in [-0.05, 0) is 43.5 Å². The van der Waals surface area contributed by atoms with Crippen LogP contribution in [0.15, 0.2) is 42.5 Å². The molecule has 6 nitrogen and oxygen atoms in total. The average Bonchev–Trinajstić information content (AvgIpc) is 2.76. The van der Waals surface area contributed by atoms with Crippen LogP contribution in [0.3, 0.4) is 0 Å². The van der Waals surface area contributed by atoms with Crippen molar-refractivity contribution in [2.24, 2.45) is 0 Å². The van der Waals surface area contributed by atoms with E-state index < -0.39 is 23.6 Å².